The molecule has 0 unspecified atom stereocenters. The van der Waals surface area contributed by atoms with E-state index in [-0.39, 0.29) is 11.8 Å². The molecule has 2 aromatic rings. The maximum absolute atomic E-state index is 12.7. The molecule has 1 heterocycles. The van der Waals surface area contributed by atoms with Gasteiger partial charge in [0.15, 0.2) is 6.61 Å². The normalized spacial score (nSPS) is 13.9. The number of aliphatic carboxylic acids is 1. The third kappa shape index (κ3) is 4.63. The summed E-state index contributed by atoms with van der Waals surface area (Å²) < 4.78 is 5.12. The van der Waals surface area contributed by atoms with E-state index in [0.717, 1.165) is 0 Å². The Morgan fingerprint density at radius 1 is 0.815 bits per heavy atom. The molecule has 0 atom stereocenters. The first-order valence-corrected chi connectivity index (χ1v) is 8.63. The molecule has 7 heteroatoms. The molecule has 0 radical (unpaired) electrons. The van der Waals surface area contributed by atoms with Crippen molar-refractivity contribution in [3.8, 4) is 5.75 Å². The largest absolute Gasteiger partial charge is 0.482 e. The van der Waals surface area contributed by atoms with Gasteiger partial charge >= 0.3 is 5.97 Å². The van der Waals surface area contributed by atoms with Crippen LogP contribution in [0.15, 0.2) is 54.6 Å². The van der Waals surface area contributed by atoms with E-state index in [2.05, 4.69) is 0 Å². The number of nitrogens with zero attached hydrogens (tertiary/aromatic N) is 2. The second kappa shape index (κ2) is 8.35. The second-order valence-electron chi connectivity index (χ2n) is 6.16. The zero-order chi connectivity index (χ0) is 19.2. The Balaban J connectivity index is 1.59. The molecule has 140 valence electrons. The lowest BCUT2D eigenvalue weighted by atomic mass is 10.1. The Bertz CT molecular complexity index is 829. The molecule has 2 aromatic carbocycles. The van der Waals surface area contributed by atoms with Crippen molar-refractivity contribution in [2.75, 3.05) is 32.8 Å². The summed E-state index contributed by atoms with van der Waals surface area (Å²) in [6, 6.07) is 15.5. The van der Waals surface area contributed by atoms with Crippen LogP contribution in [0.5, 0.6) is 5.75 Å². The third-order valence-electron chi connectivity index (χ3n) is 4.32. The van der Waals surface area contributed by atoms with E-state index in [0.29, 0.717) is 43.1 Å². The Kier molecular flexibility index (Phi) is 5.71. The van der Waals surface area contributed by atoms with Gasteiger partial charge in [-0.3, -0.25) is 9.59 Å². The van der Waals surface area contributed by atoms with E-state index in [1.807, 2.05) is 18.2 Å². The van der Waals surface area contributed by atoms with Gasteiger partial charge in [-0.1, -0.05) is 24.3 Å². The summed E-state index contributed by atoms with van der Waals surface area (Å²) in [4.78, 5) is 39.2. The number of hydrogen-bond donors (Lipinski definition) is 1. The minimum atomic E-state index is -1.08. The van der Waals surface area contributed by atoms with E-state index in [1.54, 1.807) is 40.1 Å². The lowest BCUT2D eigenvalue weighted by Crippen LogP contribution is -2.50. The SMILES string of the molecule is O=C(O)COc1cccc(C(=O)N2CCN(C(=O)c3ccccc3)CC2)c1. The van der Waals surface area contributed by atoms with Gasteiger partial charge in [0.25, 0.3) is 11.8 Å². The third-order valence-corrected chi connectivity index (χ3v) is 4.32. The highest BCUT2D eigenvalue weighted by Crippen LogP contribution is 2.17. The molecule has 1 N–H and O–H groups in total. The van der Waals surface area contributed by atoms with Crippen LogP contribution in [0.25, 0.3) is 0 Å². The maximum Gasteiger partial charge on any atom is 0.341 e. The van der Waals surface area contributed by atoms with Gasteiger partial charge in [-0.25, -0.2) is 4.79 Å². The van der Waals surface area contributed by atoms with Gasteiger partial charge in [0.2, 0.25) is 0 Å². The number of benzene rings is 2. The fourth-order valence-corrected chi connectivity index (χ4v) is 2.92. The summed E-state index contributed by atoms with van der Waals surface area (Å²) in [6.45, 7) is 1.36. The molecule has 0 spiro atoms. The molecule has 1 aliphatic heterocycles. The van der Waals surface area contributed by atoms with Crippen molar-refractivity contribution in [2.45, 2.75) is 0 Å². The molecular weight excluding hydrogens is 348 g/mol. The van der Waals surface area contributed by atoms with Gasteiger partial charge in [0.1, 0.15) is 5.75 Å². The highest BCUT2D eigenvalue weighted by Gasteiger charge is 2.25. The summed E-state index contributed by atoms with van der Waals surface area (Å²) >= 11 is 0. The standard InChI is InChI=1S/C20H20N2O5/c23-18(24)14-27-17-8-4-7-16(13-17)20(26)22-11-9-21(10-12-22)19(25)15-5-2-1-3-6-15/h1-8,13H,9-12,14H2,(H,23,24). The average molecular weight is 368 g/mol. The van der Waals surface area contributed by atoms with Crippen LogP contribution < -0.4 is 4.74 Å². The molecule has 3 rings (SSSR count). The molecule has 27 heavy (non-hydrogen) atoms. The Morgan fingerprint density at radius 3 is 1.96 bits per heavy atom. The number of carbonyl (C=O) groups excluding carboxylic acids is 2. The highest BCUT2D eigenvalue weighted by molar-refractivity contribution is 5.96. The minimum Gasteiger partial charge on any atom is -0.482 e. The van der Waals surface area contributed by atoms with Crippen molar-refractivity contribution >= 4 is 17.8 Å². The van der Waals surface area contributed by atoms with Crippen LogP contribution in [0.2, 0.25) is 0 Å². The van der Waals surface area contributed by atoms with Crippen molar-refractivity contribution < 1.29 is 24.2 Å². The predicted octanol–water partition coefficient (Wildman–Crippen LogP) is 1.75. The molecule has 1 fully saturated rings. The molecule has 7 nitrogen and oxygen atoms in total. The van der Waals surface area contributed by atoms with Gasteiger partial charge in [-0.2, -0.15) is 0 Å². The average Bonchev–Trinajstić information content (AvgIpc) is 2.72. The summed E-state index contributed by atoms with van der Waals surface area (Å²) in [5, 5.41) is 8.68. The zero-order valence-corrected chi connectivity index (χ0v) is 14.7. The fraction of sp³-hybridized carbons (Fsp3) is 0.250. The van der Waals surface area contributed by atoms with E-state index >= 15 is 0 Å². The van der Waals surface area contributed by atoms with Gasteiger partial charge < -0.3 is 19.6 Å². The van der Waals surface area contributed by atoms with Crippen LogP contribution in [0.3, 0.4) is 0 Å². The quantitative estimate of drug-likeness (QED) is 0.869. The number of ether oxygens (including phenoxy) is 1. The van der Waals surface area contributed by atoms with Gasteiger partial charge in [-0.05, 0) is 30.3 Å². The van der Waals surface area contributed by atoms with Gasteiger partial charge in [0.05, 0.1) is 0 Å². The topological polar surface area (TPSA) is 87.2 Å². The zero-order valence-electron chi connectivity index (χ0n) is 14.7. The fourth-order valence-electron chi connectivity index (χ4n) is 2.92. The molecule has 0 bridgehead atoms. The Hall–Kier alpha value is -3.35. The lowest BCUT2D eigenvalue weighted by Gasteiger charge is -2.35. The summed E-state index contributed by atoms with van der Waals surface area (Å²) in [7, 11) is 0. The van der Waals surface area contributed by atoms with Crippen molar-refractivity contribution in [2.24, 2.45) is 0 Å². The van der Waals surface area contributed by atoms with Crippen LogP contribution >= 0.6 is 0 Å². The Labute approximate surface area is 156 Å². The van der Waals surface area contributed by atoms with Crippen LogP contribution in [-0.4, -0.2) is 65.5 Å². The molecular formula is C20H20N2O5. The summed E-state index contributed by atoms with van der Waals surface area (Å²) in [6.07, 6.45) is 0. The maximum atomic E-state index is 12.7. The van der Waals surface area contributed by atoms with Gasteiger partial charge in [-0.15, -0.1) is 0 Å². The van der Waals surface area contributed by atoms with Crippen LogP contribution in [0.4, 0.5) is 0 Å². The molecule has 0 aromatic heterocycles. The number of rotatable bonds is 5. The number of piperazine rings is 1. The van der Waals surface area contributed by atoms with E-state index in [1.165, 1.54) is 6.07 Å². The summed E-state index contributed by atoms with van der Waals surface area (Å²) in [5.74, 6) is -0.943. The van der Waals surface area contributed by atoms with E-state index in [9.17, 15) is 14.4 Å². The lowest BCUT2D eigenvalue weighted by molar-refractivity contribution is -0.139. The van der Waals surface area contributed by atoms with Crippen LogP contribution in [0, 0.1) is 0 Å². The summed E-state index contributed by atoms with van der Waals surface area (Å²) in [5.41, 5.74) is 1.07. The van der Waals surface area contributed by atoms with Gasteiger partial charge in [0, 0.05) is 37.3 Å². The molecule has 2 amide bonds. The predicted molar refractivity (Wildman–Crippen MR) is 97.8 cm³/mol. The smallest absolute Gasteiger partial charge is 0.341 e. The molecule has 0 saturated carbocycles. The van der Waals surface area contributed by atoms with E-state index in [4.69, 9.17) is 9.84 Å². The number of carbonyl (C=O) groups is 3. The van der Waals surface area contributed by atoms with Crippen molar-refractivity contribution in [3.63, 3.8) is 0 Å². The first-order chi connectivity index (χ1) is 13.0. The monoisotopic (exact) mass is 368 g/mol. The first kappa shape index (κ1) is 18.4. The molecule has 1 aliphatic rings. The highest BCUT2D eigenvalue weighted by atomic mass is 16.5. The van der Waals surface area contributed by atoms with E-state index < -0.39 is 12.6 Å². The number of amides is 2. The van der Waals surface area contributed by atoms with Crippen LogP contribution in [0.1, 0.15) is 20.7 Å². The molecule has 1 saturated heterocycles. The Morgan fingerprint density at radius 2 is 1.37 bits per heavy atom. The number of hydrogen-bond acceptors (Lipinski definition) is 4. The molecule has 0 aliphatic carbocycles. The van der Waals surface area contributed by atoms with Crippen molar-refractivity contribution in [3.05, 3.63) is 65.7 Å². The first-order valence-electron chi connectivity index (χ1n) is 8.63. The van der Waals surface area contributed by atoms with Crippen LogP contribution in [-0.2, 0) is 4.79 Å². The van der Waals surface area contributed by atoms with Crippen molar-refractivity contribution in [1.29, 1.82) is 0 Å². The second-order valence-corrected chi connectivity index (χ2v) is 6.16. The van der Waals surface area contributed by atoms with Crippen molar-refractivity contribution in [1.82, 2.24) is 9.80 Å². The number of carboxylic acids is 1. The number of carboxylic acid groups (broad SMARTS) is 1. The minimum absolute atomic E-state index is 0.0354.